The molecular formula is C24H28BrN3. The minimum Gasteiger partial charge on any atom is -0.325 e. The molecule has 1 saturated carbocycles. The maximum absolute atomic E-state index is 4.82. The Bertz CT molecular complexity index is 1020. The molecular weight excluding hydrogens is 410 g/mol. The Balaban J connectivity index is 1.22. The van der Waals surface area contributed by atoms with Crippen LogP contribution in [0.2, 0.25) is 0 Å². The van der Waals surface area contributed by atoms with Crippen LogP contribution in [0.1, 0.15) is 47.8 Å². The Morgan fingerprint density at radius 2 is 1.93 bits per heavy atom. The molecule has 3 nitrogen and oxygen atoms in total. The van der Waals surface area contributed by atoms with Gasteiger partial charge in [0.05, 0.1) is 11.0 Å². The minimum atomic E-state index is 0.571. The number of imidazole rings is 1. The highest BCUT2D eigenvalue weighted by atomic mass is 79.9. The smallest absolute Gasteiger partial charge is 0.106 e. The van der Waals surface area contributed by atoms with Gasteiger partial charge in [0.1, 0.15) is 5.82 Å². The van der Waals surface area contributed by atoms with Gasteiger partial charge in [-0.15, -0.1) is 0 Å². The number of rotatable bonds is 4. The van der Waals surface area contributed by atoms with Gasteiger partial charge in [-0.2, -0.15) is 0 Å². The Kier molecular flexibility index (Phi) is 4.80. The summed E-state index contributed by atoms with van der Waals surface area (Å²) >= 11 is 3.61. The maximum atomic E-state index is 4.82. The van der Waals surface area contributed by atoms with Gasteiger partial charge < -0.3 is 9.88 Å². The SMILES string of the molecule is Cc1ccc2c(c1)nc(C)n2[C@@H]1CCC(NC[C@H]2Cc3ccc(Br)cc3C2)C1. The van der Waals surface area contributed by atoms with Crippen LogP contribution in [0.25, 0.3) is 11.0 Å². The van der Waals surface area contributed by atoms with Crippen molar-refractivity contribution in [3.8, 4) is 0 Å². The molecule has 0 bridgehead atoms. The molecule has 0 radical (unpaired) electrons. The van der Waals surface area contributed by atoms with Crippen molar-refractivity contribution >= 4 is 27.0 Å². The lowest BCUT2D eigenvalue weighted by Gasteiger charge is -2.18. The van der Waals surface area contributed by atoms with Gasteiger partial charge in [-0.05, 0) is 99.4 Å². The molecule has 146 valence electrons. The third-order valence-electron chi connectivity index (χ3n) is 6.67. The van der Waals surface area contributed by atoms with Crippen LogP contribution in [0.3, 0.4) is 0 Å². The maximum Gasteiger partial charge on any atom is 0.106 e. The number of hydrogen-bond acceptors (Lipinski definition) is 2. The third kappa shape index (κ3) is 3.42. The monoisotopic (exact) mass is 437 g/mol. The molecule has 1 unspecified atom stereocenters. The Morgan fingerprint density at radius 3 is 2.82 bits per heavy atom. The zero-order chi connectivity index (χ0) is 19.3. The molecule has 0 aliphatic heterocycles. The Labute approximate surface area is 175 Å². The third-order valence-corrected chi connectivity index (χ3v) is 7.17. The van der Waals surface area contributed by atoms with Crippen LogP contribution in [0.5, 0.6) is 0 Å². The summed E-state index contributed by atoms with van der Waals surface area (Å²) in [5, 5.41) is 3.90. The highest BCUT2D eigenvalue weighted by Crippen LogP contribution is 2.35. The summed E-state index contributed by atoms with van der Waals surface area (Å²) in [6, 6.07) is 14.6. The Morgan fingerprint density at radius 1 is 1.07 bits per heavy atom. The van der Waals surface area contributed by atoms with E-state index in [0.717, 1.165) is 23.8 Å². The zero-order valence-electron chi connectivity index (χ0n) is 16.7. The molecule has 4 heteroatoms. The summed E-state index contributed by atoms with van der Waals surface area (Å²) < 4.78 is 3.69. The average Bonchev–Trinajstić information content (AvgIpc) is 3.35. The largest absolute Gasteiger partial charge is 0.325 e. The van der Waals surface area contributed by atoms with E-state index in [1.165, 1.54) is 58.8 Å². The molecule has 2 aliphatic carbocycles. The number of aromatic nitrogens is 2. The van der Waals surface area contributed by atoms with E-state index in [1.807, 2.05) is 0 Å². The number of hydrogen-bond donors (Lipinski definition) is 1. The van der Waals surface area contributed by atoms with Crippen molar-refractivity contribution in [2.24, 2.45) is 5.92 Å². The fourth-order valence-electron chi connectivity index (χ4n) is 5.32. The predicted molar refractivity (Wildman–Crippen MR) is 119 cm³/mol. The van der Waals surface area contributed by atoms with Gasteiger partial charge in [-0.25, -0.2) is 4.98 Å². The van der Waals surface area contributed by atoms with Gasteiger partial charge in [0.2, 0.25) is 0 Å². The lowest BCUT2D eigenvalue weighted by atomic mass is 10.1. The van der Waals surface area contributed by atoms with Gasteiger partial charge in [-0.1, -0.05) is 28.1 Å². The summed E-state index contributed by atoms with van der Waals surface area (Å²) in [6.07, 6.45) is 6.15. The number of benzene rings is 2. The molecule has 1 fully saturated rings. The van der Waals surface area contributed by atoms with E-state index in [0.29, 0.717) is 12.1 Å². The molecule has 3 atom stereocenters. The minimum absolute atomic E-state index is 0.571. The molecule has 1 N–H and O–H groups in total. The first-order valence-corrected chi connectivity index (χ1v) is 11.3. The average molecular weight is 438 g/mol. The van der Waals surface area contributed by atoms with E-state index in [4.69, 9.17) is 4.98 Å². The predicted octanol–water partition coefficient (Wildman–Crippen LogP) is 5.51. The first-order chi connectivity index (χ1) is 13.6. The van der Waals surface area contributed by atoms with Crippen molar-refractivity contribution in [3.63, 3.8) is 0 Å². The van der Waals surface area contributed by atoms with Crippen molar-refractivity contribution in [1.29, 1.82) is 0 Å². The molecule has 0 spiro atoms. The molecule has 5 rings (SSSR count). The van der Waals surface area contributed by atoms with Crippen LogP contribution in [-0.4, -0.2) is 22.1 Å². The van der Waals surface area contributed by atoms with E-state index < -0.39 is 0 Å². The van der Waals surface area contributed by atoms with Gasteiger partial charge >= 0.3 is 0 Å². The standard InChI is InChI=1S/C24H28BrN3/c1-15-3-8-24-23(9-15)27-16(2)28(24)22-7-6-21(13-22)26-14-17-10-18-4-5-20(25)12-19(18)11-17/h3-5,8-9,12,17,21-22,26H,6-7,10-11,13-14H2,1-2H3/t17-,21?,22+/m0/s1. The number of nitrogens with zero attached hydrogens (tertiary/aromatic N) is 2. The van der Waals surface area contributed by atoms with Gasteiger partial charge in [0.15, 0.2) is 0 Å². The number of aryl methyl sites for hydroxylation is 2. The Hall–Kier alpha value is -1.65. The highest BCUT2D eigenvalue weighted by Gasteiger charge is 2.29. The van der Waals surface area contributed by atoms with Crippen LogP contribution in [0.15, 0.2) is 40.9 Å². The second-order valence-corrected chi connectivity index (χ2v) is 9.70. The summed E-state index contributed by atoms with van der Waals surface area (Å²) in [5.74, 6) is 1.89. The number of halogens is 1. The van der Waals surface area contributed by atoms with Gasteiger partial charge in [0, 0.05) is 16.6 Å². The van der Waals surface area contributed by atoms with E-state index in [2.05, 4.69) is 76.1 Å². The van der Waals surface area contributed by atoms with Crippen molar-refractivity contribution in [2.45, 2.75) is 58.0 Å². The summed E-state index contributed by atoms with van der Waals surface area (Å²) in [6.45, 7) is 5.43. The first kappa shape index (κ1) is 18.4. The molecule has 3 aromatic rings. The van der Waals surface area contributed by atoms with Crippen LogP contribution in [0, 0.1) is 19.8 Å². The van der Waals surface area contributed by atoms with E-state index in [1.54, 1.807) is 0 Å². The highest BCUT2D eigenvalue weighted by molar-refractivity contribution is 9.10. The second kappa shape index (κ2) is 7.31. The van der Waals surface area contributed by atoms with Crippen molar-refractivity contribution in [2.75, 3.05) is 6.54 Å². The van der Waals surface area contributed by atoms with Crippen LogP contribution < -0.4 is 5.32 Å². The van der Waals surface area contributed by atoms with Crippen molar-refractivity contribution in [3.05, 3.63) is 63.4 Å². The zero-order valence-corrected chi connectivity index (χ0v) is 18.3. The molecule has 0 amide bonds. The van der Waals surface area contributed by atoms with Crippen LogP contribution in [0.4, 0.5) is 0 Å². The summed E-state index contributed by atoms with van der Waals surface area (Å²) in [4.78, 5) is 4.82. The first-order valence-electron chi connectivity index (χ1n) is 10.5. The van der Waals surface area contributed by atoms with E-state index in [9.17, 15) is 0 Å². The van der Waals surface area contributed by atoms with Crippen molar-refractivity contribution < 1.29 is 0 Å². The lowest BCUT2D eigenvalue weighted by molar-refractivity contribution is 0.425. The summed E-state index contributed by atoms with van der Waals surface area (Å²) in [5.41, 5.74) is 6.79. The number of fused-ring (bicyclic) bond motifs is 2. The quantitative estimate of drug-likeness (QED) is 0.582. The van der Waals surface area contributed by atoms with E-state index >= 15 is 0 Å². The van der Waals surface area contributed by atoms with E-state index in [-0.39, 0.29) is 0 Å². The fraction of sp³-hybridized carbons (Fsp3) is 0.458. The molecule has 28 heavy (non-hydrogen) atoms. The van der Waals surface area contributed by atoms with Crippen molar-refractivity contribution in [1.82, 2.24) is 14.9 Å². The molecule has 0 saturated heterocycles. The molecule has 2 aliphatic rings. The fourth-order valence-corrected chi connectivity index (χ4v) is 5.73. The topological polar surface area (TPSA) is 29.9 Å². The van der Waals surface area contributed by atoms with Gasteiger partial charge in [-0.3, -0.25) is 0 Å². The van der Waals surface area contributed by atoms with Crippen LogP contribution >= 0.6 is 15.9 Å². The van der Waals surface area contributed by atoms with Crippen LogP contribution in [-0.2, 0) is 12.8 Å². The lowest BCUT2D eigenvalue weighted by Crippen LogP contribution is -2.32. The summed E-state index contributed by atoms with van der Waals surface area (Å²) in [7, 11) is 0. The second-order valence-electron chi connectivity index (χ2n) is 8.78. The molecule has 2 aromatic carbocycles. The normalized spacial score (nSPS) is 24.2. The molecule has 1 heterocycles. The molecule has 1 aromatic heterocycles. The number of nitrogens with one attached hydrogen (secondary N) is 1. The van der Waals surface area contributed by atoms with Gasteiger partial charge in [0.25, 0.3) is 0 Å².